The van der Waals surface area contributed by atoms with Crippen LogP contribution in [0.5, 0.6) is 0 Å². The molecule has 0 aliphatic carbocycles. The minimum Gasteiger partial charge on any atom is -0.457 e. The van der Waals surface area contributed by atoms with Gasteiger partial charge in [0.25, 0.3) is 0 Å². The lowest BCUT2D eigenvalue weighted by atomic mass is 9.99. The second kappa shape index (κ2) is 38.4. The first-order chi connectivity index (χ1) is 26.9. The third kappa shape index (κ3) is 29.8. The summed E-state index contributed by atoms with van der Waals surface area (Å²) in [6.45, 7) is 4.59. The molecule has 1 aliphatic heterocycles. The molecule has 9 nitrogen and oxygen atoms in total. The number of allylic oxidation sites excluding steroid dienone is 2. The maximum absolute atomic E-state index is 12.8. The van der Waals surface area contributed by atoms with Gasteiger partial charge in [-0.15, -0.1) is 0 Å². The van der Waals surface area contributed by atoms with Crippen LogP contribution in [-0.2, 0) is 23.7 Å². The Bertz CT molecular complexity index is 853. The minimum absolute atomic E-state index is 0.109. The fourth-order valence-electron chi connectivity index (χ4n) is 7.25. The Morgan fingerprint density at radius 1 is 0.564 bits per heavy atom. The summed E-state index contributed by atoms with van der Waals surface area (Å²) in [7, 11) is 0. The predicted molar refractivity (Wildman–Crippen MR) is 224 cm³/mol. The van der Waals surface area contributed by atoms with E-state index >= 15 is 0 Å². The Hall–Kier alpha value is -1.07. The van der Waals surface area contributed by atoms with E-state index in [0.717, 1.165) is 32.1 Å². The smallest absolute Gasteiger partial charge is 0.306 e. The standard InChI is InChI=1S/C46H88O9/c1-3-5-7-9-11-13-15-17-18-19-20-21-22-23-25-27-29-31-33-35-42(48)54-40(39-53-46-45(51)44(50)43(49)41(37-47)55-46)38-52-36-34-32-30-28-26-24-16-14-12-10-8-6-4-2/h17-18,40-41,43-47,49-51H,3-16,19-39H2,1-2H3/b18-17-. The number of unbranched alkanes of at least 4 members (excludes halogenated alkanes) is 27. The maximum Gasteiger partial charge on any atom is 0.306 e. The lowest BCUT2D eigenvalue weighted by Gasteiger charge is -2.39. The van der Waals surface area contributed by atoms with E-state index < -0.39 is 43.4 Å². The average molecular weight is 785 g/mol. The number of ether oxygens (including phenoxy) is 4. The van der Waals surface area contributed by atoms with Gasteiger partial charge in [0.15, 0.2) is 6.29 Å². The first-order valence-corrected chi connectivity index (χ1v) is 23.3. The second-order valence-corrected chi connectivity index (χ2v) is 16.2. The summed E-state index contributed by atoms with van der Waals surface area (Å²) in [4.78, 5) is 12.8. The van der Waals surface area contributed by atoms with Crippen molar-refractivity contribution in [1.82, 2.24) is 0 Å². The van der Waals surface area contributed by atoms with Gasteiger partial charge in [0.05, 0.1) is 19.8 Å². The molecule has 6 unspecified atom stereocenters. The number of hydrogen-bond donors (Lipinski definition) is 4. The molecule has 1 rings (SSSR count). The highest BCUT2D eigenvalue weighted by Crippen LogP contribution is 2.23. The zero-order valence-corrected chi connectivity index (χ0v) is 35.7. The normalized spacial score (nSPS) is 20.7. The lowest BCUT2D eigenvalue weighted by molar-refractivity contribution is -0.305. The number of carbonyl (C=O) groups is 1. The van der Waals surface area contributed by atoms with Crippen molar-refractivity contribution in [3.05, 3.63) is 12.2 Å². The van der Waals surface area contributed by atoms with Gasteiger partial charge >= 0.3 is 5.97 Å². The van der Waals surface area contributed by atoms with E-state index in [9.17, 15) is 25.2 Å². The van der Waals surface area contributed by atoms with Gasteiger partial charge in [-0.25, -0.2) is 0 Å². The van der Waals surface area contributed by atoms with Gasteiger partial charge in [0.1, 0.15) is 30.5 Å². The third-order valence-electron chi connectivity index (χ3n) is 10.9. The van der Waals surface area contributed by atoms with Crippen LogP contribution in [0.3, 0.4) is 0 Å². The number of aliphatic hydroxyl groups is 4. The Morgan fingerprint density at radius 2 is 1.00 bits per heavy atom. The number of rotatable bonds is 40. The van der Waals surface area contributed by atoms with E-state index in [-0.39, 0.29) is 19.2 Å². The molecule has 0 aromatic heterocycles. The van der Waals surface area contributed by atoms with Crippen LogP contribution >= 0.6 is 0 Å². The van der Waals surface area contributed by atoms with Crippen LogP contribution in [0.15, 0.2) is 12.2 Å². The van der Waals surface area contributed by atoms with Crippen LogP contribution in [0, 0.1) is 0 Å². The summed E-state index contributed by atoms with van der Waals surface area (Å²) in [6.07, 6.45) is 35.2. The molecule has 0 aromatic rings. The Labute approximate surface area is 337 Å². The topological polar surface area (TPSA) is 135 Å². The molecule has 0 amide bonds. The molecule has 1 heterocycles. The summed E-state index contributed by atoms with van der Waals surface area (Å²) < 4.78 is 22.8. The first kappa shape index (κ1) is 51.9. The van der Waals surface area contributed by atoms with Crippen LogP contribution in [0.2, 0.25) is 0 Å². The molecular weight excluding hydrogens is 696 g/mol. The number of hydrogen-bond acceptors (Lipinski definition) is 9. The van der Waals surface area contributed by atoms with Crippen molar-refractivity contribution in [3.8, 4) is 0 Å². The molecule has 1 aliphatic rings. The van der Waals surface area contributed by atoms with E-state index in [1.165, 1.54) is 161 Å². The molecule has 0 saturated carbocycles. The van der Waals surface area contributed by atoms with E-state index in [2.05, 4.69) is 26.0 Å². The van der Waals surface area contributed by atoms with Crippen LogP contribution in [0.4, 0.5) is 0 Å². The molecule has 0 radical (unpaired) electrons. The Balaban J connectivity index is 2.23. The molecule has 55 heavy (non-hydrogen) atoms. The van der Waals surface area contributed by atoms with E-state index in [1.54, 1.807) is 0 Å². The molecule has 0 bridgehead atoms. The molecule has 326 valence electrons. The van der Waals surface area contributed by atoms with Crippen LogP contribution in [0.1, 0.15) is 213 Å². The molecular formula is C46H88O9. The van der Waals surface area contributed by atoms with Gasteiger partial charge in [-0.1, -0.05) is 180 Å². The predicted octanol–water partition coefficient (Wildman–Crippen LogP) is 10.4. The van der Waals surface area contributed by atoms with Gasteiger partial charge in [-0.2, -0.15) is 0 Å². The monoisotopic (exact) mass is 785 g/mol. The number of aliphatic hydroxyl groups excluding tert-OH is 4. The van der Waals surface area contributed by atoms with Gasteiger partial charge in [0.2, 0.25) is 0 Å². The highest BCUT2D eigenvalue weighted by molar-refractivity contribution is 5.69. The Kier molecular flexibility index (Phi) is 36.3. The van der Waals surface area contributed by atoms with Crippen molar-refractivity contribution in [1.29, 1.82) is 0 Å². The number of esters is 1. The fraction of sp³-hybridized carbons (Fsp3) is 0.935. The van der Waals surface area contributed by atoms with Gasteiger partial charge in [-0.3, -0.25) is 4.79 Å². The van der Waals surface area contributed by atoms with Crippen molar-refractivity contribution in [2.75, 3.05) is 26.4 Å². The van der Waals surface area contributed by atoms with Crippen LogP contribution < -0.4 is 0 Å². The zero-order chi connectivity index (χ0) is 40.0. The van der Waals surface area contributed by atoms with Gasteiger partial charge in [0, 0.05) is 13.0 Å². The van der Waals surface area contributed by atoms with Crippen LogP contribution in [-0.4, -0.2) is 89.6 Å². The maximum atomic E-state index is 12.8. The average Bonchev–Trinajstić information content (AvgIpc) is 3.18. The van der Waals surface area contributed by atoms with Crippen molar-refractivity contribution in [2.24, 2.45) is 0 Å². The molecule has 4 N–H and O–H groups in total. The summed E-state index contributed by atoms with van der Waals surface area (Å²) >= 11 is 0. The van der Waals surface area contributed by atoms with Crippen LogP contribution in [0.25, 0.3) is 0 Å². The fourth-order valence-corrected chi connectivity index (χ4v) is 7.25. The number of carbonyl (C=O) groups excluding carboxylic acids is 1. The molecule has 1 saturated heterocycles. The summed E-state index contributed by atoms with van der Waals surface area (Å²) in [5.41, 5.74) is 0. The SMILES string of the molecule is CCCCCCCC/C=C\CCCCCCCCCCCC(=O)OC(COCCCCCCCCCCCCCCC)COC1OC(CO)C(O)C(O)C1O. The Morgan fingerprint density at radius 3 is 1.47 bits per heavy atom. The molecule has 9 heteroatoms. The second-order valence-electron chi connectivity index (χ2n) is 16.2. The third-order valence-corrected chi connectivity index (χ3v) is 10.9. The first-order valence-electron chi connectivity index (χ1n) is 23.3. The van der Waals surface area contributed by atoms with Crippen molar-refractivity contribution in [3.63, 3.8) is 0 Å². The quantitative estimate of drug-likeness (QED) is 0.0272. The molecule has 1 fully saturated rings. The largest absolute Gasteiger partial charge is 0.457 e. The minimum atomic E-state index is -1.53. The van der Waals surface area contributed by atoms with E-state index in [1.807, 2.05) is 0 Å². The summed E-state index contributed by atoms with van der Waals surface area (Å²) in [5.74, 6) is -0.312. The lowest BCUT2D eigenvalue weighted by Crippen LogP contribution is -2.59. The zero-order valence-electron chi connectivity index (χ0n) is 35.7. The molecule has 0 aromatic carbocycles. The molecule has 6 atom stereocenters. The van der Waals surface area contributed by atoms with E-state index in [4.69, 9.17) is 18.9 Å². The van der Waals surface area contributed by atoms with E-state index in [0.29, 0.717) is 13.0 Å². The van der Waals surface area contributed by atoms with Crippen molar-refractivity contribution < 1.29 is 44.2 Å². The summed E-state index contributed by atoms with van der Waals surface area (Å²) in [5, 5.41) is 40.1. The van der Waals surface area contributed by atoms with Crippen molar-refractivity contribution >= 4 is 5.97 Å². The summed E-state index contributed by atoms with van der Waals surface area (Å²) in [6, 6.07) is 0. The highest BCUT2D eigenvalue weighted by atomic mass is 16.7. The highest BCUT2D eigenvalue weighted by Gasteiger charge is 2.44. The van der Waals surface area contributed by atoms with Crippen molar-refractivity contribution in [2.45, 2.75) is 250 Å². The molecule has 0 spiro atoms. The van der Waals surface area contributed by atoms with Gasteiger partial charge in [-0.05, 0) is 38.5 Å². The van der Waals surface area contributed by atoms with Gasteiger partial charge < -0.3 is 39.4 Å².